The average molecular weight is 239 g/mol. The van der Waals surface area contributed by atoms with Gasteiger partial charge >= 0.3 is 6.03 Å². The Bertz CT molecular complexity index is 243. The van der Waals surface area contributed by atoms with E-state index in [1.807, 2.05) is 0 Å². The van der Waals surface area contributed by atoms with Gasteiger partial charge in [-0.3, -0.25) is 0 Å². The topological polar surface area (TPSA) is 58.4 Å². The number of amides is 2. The molecular weight excluding hydrogens is 214 g/mol. The zero-order valence-corrected chi connectivity index (χ0v) is 10.7. The Labute approximate surface area is 104 Å². The molecule has 0 unspecified atom stereocenters. The smallest absolute Gasteiger partial charge is 0.314 e. The van der Waals surface area contributed by atoms with Crippen molar-refractivity contribution in [2.24, 2.45) is 11.7 Å². The lowest BCUT2D eigenvalue weighted by atomic mass is 9.89. The molecule has 4 nitrogen and oxygen atoms in total. The summed E-state index contributed by atoms with van der Waals surface area (Å²) in [6, 6.07) is 0.322. The molecular formula is C13H25N3O. The zero-order valence-electron chi connectivity index (χ0n) is 10.7. The summed E-state index contributed by atoms with van der Waals surface area (Å²) in [5, 5.41) is 3.67. The number of hydrogen-bond donors (Lipinski definition) is 2. The van der Waals surface area contributed by atoms with Crippen LogP contribution in [0.2, 0.25) is 0 Å². The Balaban J connectivity index is 1.62. The molecule has 0 bridgehead atoms. The van der Waals surface area contributed by atoms with Crippen LogP contribution in [0.3, 0.4) is 0 Å². The van der Waals surface area contributed by atoms with Gasteiger partial charge in [0.1, 0.15) is 0 Å². The number of rotatable bonds is 3. The van der Waals surface area contributed by atoms with Crippen molar-refractivity contribution in [3.63, 3.8) is 0 Å². The lowest BCUT2D eigenvalue weighted by molar-refractivity contribution is 0.182. The molecule has 0 radical (unpaired) electrons. The van der Waals surface area contributed by atoms with Gasteiger partial charge in [-0.05, 0) is 38.1 Å². The molecule has 0 atom stereocenters. The van der Waals surface area contributed by atoms with Crippen LogP contribution in [-0.4, -0.2) is 36.6 Å². The fourth-order valence-corrected chi connectivity index (χ4v) is 3.03. The fraction of sp³-hybridized carbons (Fsp3) is 0.923. The van der Waals surface area contributed by atoms with Crippen molar-refractivity contribution >= 4 is 6.03 Å². The van der Waals surface area contributed by atoms with Gasteiger partial charge in [-0.1, -0.05) is 19.3 Å². The summed E-state index contributed by atoms with van der Waals surface area (Å²) in [5.41, 5.74) is 5.27. The zero-order chi connectivity index (χ0) is 12.1. The van der Waals surface area contributed by atoms with Crippen LogP contribution < -0.4 is 11.1 Å². The number of piperidine rings is 1. The third-order valence-electron chi connectivity index (χ3n) is 4.23. The lowest BCUT2D eigenvalue weighted by Crippen LogP contribution is -2.47. The first-order valence-electron chi connectivity index (χ1n) is 7.03. The summed E-state index contributed by atoms with van der Waals surface area (Å²) in [6.45, 7) is 2.80. The first kappa shape index (κ1) is 12.7. The highest BCUT2D eigenvalue weighted by molar-refractivity contribution is 5.72. The molecule has 2 fully saturated rings. The summed E-state index contributed by atoms with van der Waals surface area (Å²) in [5.74, 6) is 0.887. The van der Waals surface area contributed by atoms with E-state index in [4.69, 9.17) is 5.73 Å². The highest BCUT2D eigenvalue weighted by atomic mass is 16.2. The number of carbonyl (C=O) groups excluding carboxylic acids is 1. The van der Waals surface area contributed by atoms with E-state index in [-0.39, 0.29) is 6.03 Å². The Morgan fingerprint density at radius 3 is 2.35 bits per heavy atom. The van der Waals surface area contributed by atoms with Gasteiger partial charge in [0.2, 0.25) is 0 Å². The number of urea groups is 1. The first-order valence-corrected chi connectivity index (χ1v) is 7.03. The minimum atomic E-state index is -0.268. The Morgan fingerprint density at radius 1 is 1.12 bits per heavy atom. The third kappa shape index (κ3) is 3.87. The second-order valence-electron chi connectivity index (χ2n) is 5.51. The van der Waals surface area contributed by atoms with Crippen LogP contribution in [-0.2, 0) is 0 Å². The summed E-state index contributed by atoms with van der Waals surface area (Å²) in [6.07, 6.45) is 9.14. The van der Waals surface area contributed by atoms with E-state index < -0.39 is 0 Å². The highest BCUT2D eigenvalue weighted by Crippen LogP contribution is 2.23. The fourth-order valence-electron chi connectivity index (χ4n) is 3.03. The normalized spacial score (nSPS) is 23.9. The van der Waals surface area contributed by atoms with Gasteiger partial charge in [-0.2, -0.15) is 0 Å². The van der Waals surface area contributed by atoms with Gasteiger partial charge in [0.15, 0.2) is 0 Å². The van der Waals surface area contributed by atoms with E-state index in [1.165, 1.54) is 38.6 Å². The molecule has 98 valence electrons. The molecule has 0 aromatic heterocycles. The van der Waals surface area contributed by atoms with Gasteiger partial charge in [0.05, 0.1) is 0 Å². The molecule has 2 rings (SSSR count). The van der Waals surface area contributed by atoms with Crippen LogP contribution >= 0.6 is 0 Å². The minimum Gasteiger partial charge on any atom is -0.351 e. The van der Waals surface area contributed by atoms with Crippen LogP contribution in [0.1, 0.15) is 44.9 Å². The monoisotopic (exact) mass is 239 g/mol. The Hall–Kier alpha value is -0.770. The van der Waals surface area contributed by atoms with Gasteiger partial charge in [0, 0.05) is 19.1 Å². The van der Waals surface area contributed by atoms with Crippen molar-refractivity contribution in [1.82, 2.24) is 10.2 Å². The highest BCUT2D eigenvalue weighted by Gasteiger charge is 2.22. The van der Waals surface area contributed by atoms with Gasteiger partial charge in [-0.15, -0.1) is 0 Å². The van der Waals surface area contributed by atoms with Crippen molar-refractivity contribution in [1.29, 1.82) is 0 Å². The number of hydrogen-bond acceptors (Lipinski definition) is 2. The van der Waals surface area contributed by atoms with Crippen LogP contribution in [0.5, 0.6) is 0 Å². The second-order valence-corrected chi connectivity index (χ2v) is 5.51. The number of nitrogens with two attached hydrogens (primary N) is 1. The maximum absolute atomic E-state index is 11.0. The molecule has 1 heterocycles. The van der Waals surface area contributed by atoms with Crippen molar-refractivity contribution in [3.05, 3.63) is 0 Å². The largest absolute Gasteiger partial charge is 0.351 e. The van der Waals surface area contributed by atoms with Crippen LogP contribution in [0.25, 0.3) is 0 Å². The number of carbonyl (C=O) groups is 1. The molecule has 4 heteroatoms. The molecule has 3 N–H and O–H groups in total. The molecule has 1 saturated heterocycles. The lowest BCUT2D eigenvalue weighted by Gasteiger charge is -2.32. The van der Waals surface area contributed by atoms with Gasteiger partial charge in [-0.25, -0.2) is 4.79 Å². The summed E-state index contributed by atoms with van der Waals surface area (Å²) in [4.78, 5) is 12.7. The summed E-state index contributed by atoms with van der Waals surface area (Å²) in [7, 11) is 0. The van der Waals surface area contributed by atoms with Crippen LogP contribution in [0.15, 0.2) is 0 Å². The summed E-state index contributed by atoms with van der Waals surface area (Å²) < 4.78 is 0. The maximum atomic E-state index is 11.0. The number of nitrogens with one attached hydrogen (secondary N) is 1. The minimum absolute atomic E-state index is 0.268. The quantitative estimate of drug-likeness (QED) is 0.787. The van der Waals surface area contributed by atoms with Crippen molar-refractivity contribution in [3.8, 4) is 0 Å². The predicted octanol–water partition coefficient (Wildman–Crippen LogP) is 1.70. The SMILES string of the molecule is NC(=O)N1CCC(NCC2CCCCC2)CC1. The summed E-state index contributed by atoms with van der Waals surface area (Å²) >= 11 is 0. The predicted molar refractivity (Wildman–Crippen MR) is 68.8 cm³/mol. The maximum Gasteiger partial charge on any atom is 0.314 e. The Kier molecular flexibility index (Phi) is 4.66. The molecule has 0 aromatic carbocycles. The standard InChI is InChI=1S/C13H25N3O/c14-13(17)16-8-6-12(7-9-16)15-10-11-4-2-1-3-5-11/h11-12,15H,1-10H2,(H2,14,17). The van der Waals surface area contributed by atoms with Crippen LogP contribution in [0, 0.1) is 5.92 Å². The van der Waals surface area contributed by atoms with Gasteiger partial charge in [0.25, 0.3) is 0 Å². The van der Waals surface area contributed by atoms with Crippen molar-refractivity contribution in [2.45, 2.75) is 51.0 Å². The van der Waals surface area contributed by atoms with E-state index in [0.717, 1.165) is 31.8 Å². The van der Waals surface area contributed by atoms with E-state index in [2.05, 4.69) is 5.32 Å². The third-order valence-corrected chi connectivity index (χ3v) is 4.23. The van der Waals surface area contributed by atoms with E-state index in [1.54, 1.807) is 4.90 Å². The van der Waals surface area contributed by atoms with Gasteiger partial charge < -0.3 is 16.0 Å². The second kappa shape index (κ2) is 6.24. The molecule has 0 spiro atoms. The van der Waals surface area contributed by atoms with Crippen LogP contribution in [0.4, 0.5) is 4.79 Å². The molecule has 1 aliphatic carbocycles. The van der Waals surface area contributed by atoms with E-state index in [9.17, 15) is 4.79 Å². The average Bonchev–Trinajstić information content (AvgIpc) is 2.38. The molecule has 17 heavy (non-hydrogen) atoms. The van der Waals surface area contributed by atoms with E-state index >= 15 is 0 Å². The number of primary amides is 1. The van der Waals surface area contributed by atoms with E-state index in [0.29, 0.717) is 6.04 Å². The molecule has 0 aromatic rings. The van der Waals surface area contributed by atoms with Crippen molar-refractivity contribution < 1.29 is 4.79 Å². The van der Waals surface area contributed by atoms with Crippen molar-refractivity contribution in [2.75, 3.05) is 19.6 Å². The Morgan fingerprint density at radius 2 is 1.76 bits per heavy atom. The molecule has 2 amide bonds. The first-order chi connectivity index (χ1) is 8.25. The molecule has 1 aliphatic heterocycles. The number of likely N-dealkylation sites (tertiary alicyclic amines) is 1. The number of nitrogens with zero attached hydrogens (tertiary/aromatic N) is 1. The molecule has 2 aliphatic rings. The molecule has 1 saturated carbocycles.